The van der Waals surface area contributed by atoms with E-state index in [1.807, 2.05) is 0 Å². The van der Waals surface area contributed by atoms with Crippen LogP contribution in [0.2, 0.25) is 0 Å². The minimum Gasteiger partial charge on any atom is -0.451 e. The minimum atomic E-state index is -5.09. The average Bonchev–Trinajstić information content (AvgIpc) is 2.81. The van der Waals surface area contributed by atoms with Crippen LogP contribution >= 0.6 is 0 Å². The molecule has 0 aliphatic heterocycles. The number of hydrogen-bond donors (Lipinski definition) is 2. The van der Waals surface area contributed by atoms with Gasteiger partial charge >= 0.3 is 12.1 Å². The van der Waals surface area contributed by atoms with Crippen LogP contribution in [0.3, 0.4) is 0 Å². The summed E-state index contributed by atoms with van der Waals surface area (Å²) < 4.78 is 73.4. The van der Waals surface area contributed by atoms with Crippen molar-refractivity contribution in [3.05, 3.63) is 0 Å². The first kappa shape index (κ1) is 17.9. The van der Waals surface area contributed by atoms with Crippen LogP contribution in [0.1, 0.15) is 19.3 Å². The van der Waals surface area contributed by atoms with Crippen molar-refractivity contribution in [3.8, 4) is 0 Å². The fourth-order valence-corrected chi connectivity index (χ4v) is 5.52. The van der Waals surface area contributed by atoms with E-state index in [0.717, 1.165) is 6.42 Å². The summed E-state index contributed by atoms with van der Waals surface area (Å²) in [4.78, 5) is 17.3. The summed E-state index contributed by atoms with van der Waals surface area (Å²) in [6.07, 6.45) is -6.23. The van der Waals surface area contributed by atoms with E-state index in [1.54, 1.807) is 0 Å². The van der Waals surface area contributed by atoms with Crippen LogP contribution in [-0.4, -0.2) is 43.1 Å². The fraction of sp³-hybridized carbons (Fsp3) is 0.923. The van der Waals surface area contributed by atoms with Gasteiger partial charge in [0.15, 0.2) is 0 Å². The molecular formula is C13H18F3NO6S. The monoisotopic (exact) mass is 373 g/mol. The number of nitrogens with two attached hydrogens (primary N) is 1. The molecular weight excluding hydrogens is 355 g/mol. The molecule has 0 spiro atoms. The summed E-state index contributed by atoms with van der Waals surface area (Å²) in [5, 5.41) is 0. The Morgan fingerprint density at radius 3 is 2.33 bits per heavy atom. The molecule has 7 nitrogen and oxygen atoms in total. The van der Waals surface area contributed by atoms with Crippen molar-refractivity contribution in [3.63, 3.8) is 0 Å². The second-order valence-corrected chi connectivity index (χ2v) is 8.40. The standard InChI is InChI=1S/C13H18F3NO6S/c14-13(15,16)8(4-24(19,20)21)22-12(18)10-6-1-5-2-7(3-6)11(23-17)9(5)10/h5-11H,1-4,17H2,(H,19,20,21). The maximum Gasteiger partial charge on any atom is 0.426 e. The van der Waals surface area contributed by atoms with Crippen molar-refractivity contribution in [1.82, 2.24) is 0 Å². The lowest BCUT2D eigenvalue weighted by atomic mass is 9.74. The predicted molar refractivity (Wildman–Crippen MR) is 72.7 cm³/mol. The van der Waals surface area contributed by atoms with Crippen LogP contribution in [-0.2, 0) is 24.5 Å². The summed E-state index contributed by atoms with van der Waals surface area (Å²) in [5.41, 5.74) is 0. The lowest BCUT2D eigenvalue weighted by Crippen LogP contribution is -2.46. The van der Waals surface area contributed by atoms with Crippen LogP contribution in [0, 0.1) is 29.6 Å². The summed E-state index contributed by atoms with van der Waals surface area (Å²) in [5.74, 6) is 1.64. The Balaban J connectivity index is 1.76. The third-order valence-electron chi connectivity index (χ3n) is 5.54. The van der Waals surface area contributed by atoms with Crippen molar-refractivity contribution < 1.29 is 40.5 Å². The molecule has 138 valence electrons. The number of halogens is 3. The van der Waals surface area contributed by atoms with Gasteiger partial charge in [-0.15, -0.1) is 0 Å². The Kier molecular flexibility index (Phi) is 4.34. The summed E-state index contributed by atoms with van der Waals surface area (Å²) in [6.45, 7) is 0. The number of esters is 1. The van der Waals surface area contributed by atoms with Crippen LogP contribution in [0.5, 0.6) is 0 Å². The zero-order valence-electron chi connectivity index (χ0n) is 12.5. The number of carbonyl (C=O) groups is 1. The maximum absolute atomic E-state index is 12.9. The molecule has 4 fully saturated rings. The van der Waals surface area contributed by atoms with E-state index in [9.17, 15) is 26.4 Å². The number of rotatable bonds is 5. The normalized spacial score (nSPS) is 39.2. The molecule has 4 aliphatic carbocycles. The first-order valence-corrected chi connectivity index (χ1v) is 9.20. The smallest absolute Gasteiger partial charge is 0.426 e. The Hall–Kier alpha value is -0.910. The van der Waals surface area contributed by atoms with Gasteiger partial charge in [0.2, 0.25) is 6.10 Å². The Morgan fingerprint density at radius 2 is 1.79 bits per heavy atom. The molecule has 0 aromatic rings. The second kappa shape index (κ2) is 5.82. The van der Waals surface area contributed by atoms with Crippen LogP contribution in [0.15, 0.2) is 0 Å². The van der Waals surface area contributed by atoms with Crippen LogP contribution in [0.4, 0.5) is 13.2 Å². The molecule has 4 bridgehead atoms. The lowest BCUT2D eigenvalue weighted by molar-refractivity contribution is -0.220. The van der Waals surface area contributed by atoms with E-state index >= 15 is 0 Å². The zero-order valence-corrected chi connectivity index (χ0v) is 13.3. The molecule has 11 heteroatoms. The van der Waals surface area contributed by atoms with Crippen LogP contribution in [0.25, 0.3) is 0 Å². The Labute approximate surface area is 136 Å². The first-order valence-electron chi connectivity index (χ1n) is 7.59. The van der Waals surface area contributed by atoms with Gasteiger partial charge in [0.1, 0.15) is 5.75 Å². The molecule has 0 aromatic carbocycles. The maximum atomic E-state index is 12.9. The van der Waals surface area contributed by atoms with Gasteiger partial charge in [-0.2, -0.15) is 21.6 Å². The van der Waals surface area contributed by atoms with Gasteiger partial charge in [-0.3, -0.25) is 9.35 Å². The highest BCUT2D eigenvalue weighted by atomic mass is 32.2. The van der Waals surface area contributed by atoms with Crippen molar-refractivity contribution in [1.29, 1.82) is 0 Å². The molecule has 4 saturated carbocycles. The summed E-state index contributed by atoms with van der Waals surface area (Å²) >= 11 is 0. The first-order chi connectivity index (χ1) is 11.0. The van der Waals surface area contributed by atoms with Crippen molar-refractivity contribution in [2.75, 3.05) is 5.75 Å². The molecule has 7 atom stereocenters. The van der Waals surface area contributed by atoms with E-state index < -0.39 is 46.1 Å². The van der Waals surface area contributed by atoms with Gasteiger partial charge in [0, 0.05) is 5.92 Å². The topological polar surface area (TPSA) is 116 Å². The molecule has 24 heavy (non-hydrogen) atoms. The average molecular weight is 373 g/mol. The van der Waals surface area contributed by atoms with E-state index in [2.05, 4.69) is 4.74 Å². The van der Waals surface area contributed by atoms with E-state index in [0.29, 0.717) is 12.8 Å². The highest BCUT2D eigenvalue weighted by Crippen LogP contribution is 2.62. The highest BCUT2D eigenvalue weighted by Gasteiger charge is 2.63. The Bertz CT molecular complexity index is 624. The molecule has 0 heterocycles. The SMILES string of the molecule is NOC1C2CC3CC(C2)C1C3C(=O)OC(CS(=O)(=O)O)C(F)(F)F. The van der Waals surface area contributed by atoms with Gasteiger partial charge in [-0.05, 0) is 37.0 Å². The molecule has 3 N–H and O–H groups in total. The largest absolute Gasteiger partial charge is 0.451 e. The zero-order chi connectivity index (χ0) is 17.9. The van der Waals surface area contributed by atoms with E-state index in [-0.39, 0.29) is 23.7 Å². The molecule has 4 rings (SSSR count). The van der Waals surface area contributed by atoms with Crippen molar-refractivity contribution in [2.24, 2.45) is 35.5 Å². The molecule has 0 radical (unpaired) electrons. The number of ether oxygens (including phenoxy) is 1. The van der Waals surface area contributed by atoms with Crippen LogP contribution < -0.4 is 5.90 Å². The highest BCUT2D eigenvalue weighted by molar-refractivity contribution is 7.85. The Morgan fingerprint density at radius 1 is 1.21 bits per heavy atom. The molecule has 0 aromatic heterocycles. The third-order valence-corrected chi connectivity index (χ3v) is 6.27. The molecule has 7 unspecified atom stereocenters. The number of hydrogen-bond acceptors (Lipinski definition) is 6. The molecule has 0 amide bonds. The summed E-state index contributed by atoms with van der Waals surface area (Å²) in [7, 11) is -4.95. The summed E-state index contributed by atoms with van der Waals surface area (Å²) in [6, 6.07) is 0. The minimum absolute atomic E-state index is 0.0998. The second-order valence-electron chi connectivity index (χ2n) is 6.91. The van der Waals surface area contributed by atoms with E-state index in [1.165, 1.54) is 0 Å². The van der Waals surface area contributed by atoms with Crippen molar-refractivity contribution in [2.45, 2.75) is 37.6 Å². The fourth-order valence-electron chi connectivity index (χ4n) is 4.88. The van der Waals surface area contributed by atoms with Gasteiger partial charge < -0.3 is 9.57 Å². The lowest BCUT2D eigenvalue weighted by Gasteiger charge is -2.36. The molecule has 0 saturated heterocycles. The predicted octanol–water partition coefficient (Wildman–Crippen LogP) is 0.899. The molecule has 4 aliphatic rings. The van der Waals surface area contributed by atoms with Gasteiger partial charge in [0.05, 0.1) is 12.0 Å². The van der Waals surface area contributed by atoms with Gasteiger partial charge in [0.25, 0.3) is 10.1 Å². The quantitative estimate of drug-likeness (QED) is 0.418. The third kappa shape index (κ3) is 3.14. The van der Waals surface area contributed by atoms with Crippen molar-refractivity contribution >= 4 is 16.1 Å². The number of alkyl halides is 3. The number of carbonyl (C=O) groups excluding carboxylic acids is 1. The van der Waals surface area contributed by atoms with Gasteiger partial charge in [-0.1, -0.05) is 0 Å². The van der Waals surface area contributed by atoms with Gasteiger partial charge in [-0.25, -0.2) is 5.90 Å². The van der Waals surface area contributed by atoms with E-state index in [4.69, 9.17) is 15.3 Å².